The maximum absolute atomic E-state index is 13.0. The van der Waals surface area contributed by atoms with Crippen molar-refractivity contribution in [2.24, 2.45) is 0 Å². The van der Waals surface area contributed by atoms with Crippen LogP contribution in [0.1, 0.15) is 361 Å². The first-order valence-corrected chi connectivity index (χ1v) is 41.3. The van der Waals surface area contributed by atoms with Gasteiger partial charge in [-0.15, -0.1) is 0 Å². The first-order valence-electron chi connectivity index (χ1n) is 41.3. The molecule has 568 valence electrons. The van der Waals surface area contributed by atoms with Crippen molar-refractivity contribution < 1.29 is 42.9 Å². The highest BCUT2D eigenvalue weighted by Crippen LogP contribution is 2.19. The van der Waals surface area contributed by atoms with E-state index in [4.69, 9.17) is 18.9 Å². The second-order valence-corrected chi connectivity index (χ2v) is 28.7. The molecule has 0 spiro atoms. The van der Waals surface area contributed by atoms with Gasteiger partial charge in [-0.25, -0.2) is 4.79 Å². The molecule has 99 heavy (non-hydrogen) atoms. The summed E-state index contributed by atoms with van der Waals surface area (Å²) >= 11 is 0. The standard InChI is InChI=1S/C90H155NO8/c1-6-8-10-12-14-16-18-20-22-24-26-28-30-32-34-36-38-40-42-43-44-45-47-49-51-53-55-57-59-61-63-65-67-69-71-73-75-77-79-81-88(93)99-86(85-98-90(89(94)95)96-83-82-91(3,4)5)84-97-87(92)80-78-76-74-72-70-68-66-64-62-60-58-56-54-52-50-48-46-41-39-37-35-33-31-29-27-25-23-21-19-17-15-13-11-9-7-2/h8-11,14-17,20-23,26-29,32-35,38,40,86,90H,6-7,12-13,18-19,24-25,30-31,36-37,39,41-85H2,1-5H3/p+1/b10-8-,11-9-,16-14-,17-15-,22-20-,23-21-,28-26-,29-27-,34-32-,35-33-,40-38-. The Kier molecular flexibility index (Phi) is 75.5. The topological polar surface area (TPSA) is 108 Å². The summed E-state index contributed by atoms with van der Waals surface area (Å²) in [5.74, 6) is -1.99. The fourth-order valence-corrected chi connectivity index (χ4v) is 11.7. The van der Waals surface area contributed by atoms with E-state index in [0.29, 0.717) is 17.4 Å². The zero-order chi connectivity index (χ0) is 71.8. The molecule has 1 N–H and O–H groups in total. The number of unbranched alkanes of at least 4 members (excludes halogenated alkanes) is 39. The summed E-state index contributed by atoms with van der Waals surface area (Å²) in [6.45, 7) is 4.69. The van der Waals surface area contributed by atoms with E-state index in [1.807, 2.05) is 21.1 Å². The number of likely N-dealkylation sites (N-methyl/N-ethyl adjacent to an activating group) is 1. The highest BCUT2D eigenvalue weighted by Gasteiger charge is 2.25. The lowest BCUT2D eigenvalue weighted by Crippen LogP contribution is -2.40. The van der Waals surface area contributed by atoms with Crippen LogP contribution in [0.4, 0.5) is 0 Å². The summed E-state index contributed by atoms with van der Waals surface area (Å²) in [6.07, 6.45) is 112. The molecule has 2 atom stereocenters. The Labute approximate surface area is 611 Å². The van der Waals surface area contributed by atoms with Gasteiger partial charge in [0.2, 0.25) is 0 Å². The van der Waals surface area contributed by atoms with Crippen LogP contribution < -0.4 is 0 Å². The van der Waals surface area contributed by atoms with Gasteiger partial charge >= 0.3 is 17.9 Å². The summed E-state index contributed by atoms with van der Waals surface area (Å²) in [5.41, 5.74) is 0. The maximum atomic E-state index is 13.0. The number of carboxylic acids is 1. The van der Waals surface area contributed by atoms with Crippen LogP contribution in [0.3, 0.4) is 0 Å². The van der Waals surface area contributed by atoms with Gasteiger partial charge in [-0.3, -0.25) is 9.59 Å². The summed E-state index contributed by atoms with van der Waals surface area (Å²) < 4.78 is 23.1. The maximum Gasteiger partial charge on any atom is 0.361 e. The van der Waals surface area contributed by atoms with Crippen molar-refractivity contribution in [3.05, 3.63) is 134 Å². The predicted octanol–water partition coefficient (Wildman–Crippen LogP) is 26.8. The van der Waals surface area contributed by atoms with E-state index in [9.17, 15) is 19.5 Å². The Morgan fingerprint density at radius 2 is 0.545 bits per heavy atom. The first kappa shape index (κ1) is 94.4. The highest BCUT2D eigenvalue weighted by molar-refractivity contribution is 5.71. The Morgan fingerprint density at radius 1 is 0.303 bits per heavy atom. The van der Waals surface area contributed by atoms with E-state index in [1.54, 1.807) is 0 Å². The van der Waals surface area contributed by atoms with E-state index in [0.717, 1.165) is 109 Å². The Morgan fingerprint density at radius 3 is 0.808 bits per heavy atom. The third-order valence-electron chi connectivity index (χ3n) is 17.9. The van der Waals surface area contributed by atoms with Crippen LogP contribution >= 0.6 is 0 Å². The molecule has 0 aromatic heterocycles. The molecule has 0 saturated heterocycles. The molecule has 0 saturated carbocycles. The summed E-state index contributed by atoms with van der Waals surface area (Å²) in [4.78, 5) is 37.8. The minimum atomic E-state index is -1.51. The Balaban J connectivity index is 3.99. The van der Waals surface area contributed by atoms with Gasteiger partial charge in [0.05, 0.1) is 34.4 Å². The Hall–Kier alpha value is -4.57. The number of rotatable bonds is 76. The van der Waals surface area contributed by atoms with Gasteiger partial charge in [0, 0.05) is 12.8 Å². The average Bonchev–Trinajstić information content (AvgIpc) is 1.14. The van der Waals surface area contributed by atoms with Gasteiger partial charge < -0.3 is 28.5 Å². The largest absolute Gasteiger partial charge is 0.477 e. The molecular weight excluding hydrogens is 1220 g/mol. The fraction of sp³-hybridized carbons (Fsp3) is 0.722. The molecule has 0 aliphatic carbocycles. The second kappa shape index (κ2) is 79.1. The molecule has 9 heteroatoms. The molecule has 0 aliphatic rings. The number of allylic oxidation sites excluding steroid dienone is 22. The molecular formula is C90H156NO8+. The van der Waals surface area contributed by atoms with Gasteiger partial charge in [-0.05, 0) is 109 Å². The van der Waals surface area contributed by atoms with E-state index in [-0.39, 0.29) is 38.2 Å². The van der Waals surface area contributed by atoms with Crippen molar-refractivity contribution in [3.8, 4) is 0 Å². The van der Waals surface area contributed by atoms with E-state index in [1.165, 1.54) is 225 Å². The molecule has 0 amide bonds. The van der Waals surface area contributed by atoms with Crippen molar-refractivity contribution in [3.63, 3.8) is 0 Å². The molecule has 0 aliphatic heterocycles. The number of carbonyl (C=O) groups excluding carboxylic acids is 2. The molecule has 0 fully saturated rings. The number of hydrogen-bond acceptors (Lipinski definition) is 7. The lowest BCUT2D eigenvalue weighted by Gasteiger charge is -2.25. The summed E-state index contributed by atoms with van der Waals surface area (Å²) in [7, 11) is 5.99. The minimum Gasteiger partial charge on any atom is -0.477 e. The third-order valence-corrected chi connectivity index (χ3v) is 17.9. The normalized spacial score (nSPS) is 13.3. The van der Waals surface area contributed by atoms with E-state index in [2.05, 4.69) is 148 Å². The number of esters is 2. The van der Waals surface area contributed by atoms with Gasteiger partial charge in [0.15, 0.2) is 6.10 Å². The van der Waals surface area contributed by atoms with Gasteiger partial charge in [-0.1, -0.05) is 372 Å². The van der Waals surface area contributed by atoms with Crippen LogP contribution in [0.15, 0.2) is 134 Å². The van der Waals surface area contributed by atoms with Crippen LogP contribution in [0.25, 0.3) is 0 Å². The average molecular weight is 1380 g/mol. The zero-order valence-electron chi connectivity index (χ0n) is 65.1. The lowest BCUT2D eigenvalue weighted by molar-refractivity contribution is -0.870. The van der Waals surface area contributed by atoms with E-state index >= 15 is 0 Å². The van der Waals surface area contributed by atoms with Crippen molar-refractivity contribution in [1.82, 2.24) is 0 Å². The van der Waals surface area contributed by atoms with Gasteiger partial charge in [0.25, 0.3) is 6.29 Å². The molecule has 0 aromatic carbocycles. The molecule has 0 aromatic rings. The summed E-state index contributed by atoms with van der Waals surface area (Å²) in [5, 5.41) is 9.78. The molecule has 0 bridgehead atoms. The van der Waals surface area contributed by atoms with Crippen LogP contribution in [-0.2, 0) is 33.3 Å². The van der Waals surface area contributed by atoms with Crippen molar-refractivity contribution in [2.45, 2.75) is 373 Å². The van der Waals surface area contributed by atoms with Crippen LogP contribution in [0.5, 0.6) is 0 Å². The highest BCUT2D eigenvalue weighted by atomic mass is 16.7. The zero-order valence-corrected chi connectivity index (χ0v) is 65.1. The van der Waals surface area contributed by atoms with Crippen molar-refractivity contribution in [2.75, 3.05) is 47.5 Å². The number of quaternary nitrogens is 1. The molecule has 9 nitrogen and oxygen atoms in total. The first-order chi connectivity index (χ1) is 48.6. The molecule has 0 rings (SSSR count). The predicted molar refractivity (Wildman–Crippen MR) is 428 cm³/mol. The van der Waals surface area contributed by atoms with Crippen LogP contribution in [-0.4, -0.2) is 87.4 Å². The number of nitrogens with zero attached hydrogens (tertiary/aromatic N) is 1. The molecule has 2 unspecified atom stereocenters. The third kappa shape index (κ3) is 80.6. The number of aliphatic carboxylic acids is 1. The minimum absolute atomic E-state index is 0.182. The van der Waals surface area contributed by atoms with E-state index < -0.39 is 18.4 Å². The van der Waals surface area contributed by atoms with Crippen molar-refractivity contribution in [1.29, 1.82) is 0 Å². The quantitative estimate of drug-likeness (QED) is 0.0211. The Bertz CT molecular complexity index is 2100. The number of carbonyl (C=O) groups is 3. The van der Waals surface area contributed by atoms with Crippen molar-refractivity contribution >= 4 is 17.9 Å². The smallest absolute Gasteiger partial charge is 0.361 e. The fourth-order valence-electron chi connectivity index (χ4n) is 11.7. The summed E-state index contributed by atoms with van der Waals surface area (Å²) in [6, 6.07) is 0. The molecule has 0 heterocycles. The van der Waals surface area contributed by atoms with Gasteiger partial charge in [0.1, 0.15) is 13.2 Å². The number of hydrogen-bond donors (Lipinski definition) is 1. The second-order valence-electron chi connectivity index (χ2n) is 28.7. The lowest BCUT2D eigenvalue weighted by atomic mass is 10.0. The SMILES string of the molecule is CC/C=C\C/C=C\C/C=C\C/C=C\C/C=C\C/C=C\CCCCCCCCCCCCCCCCCCCCCCC(=O)OC(COC(=O)CCCCCCCCCCCCCCCCCCCCC/C=C\C/C=C\C/C=C\C/C=C\C/C=C\CC)COC(OCC[N+](C)(C)C)C(=O)O. The number of ether oxygens (including phenoxy) is 4. The molecule has 0 radical (unpaired) electrons. The van der Waals surface area contributed by atoms with Crippen LogP contribution in [0, 0.1) is 0 Å². The monoisotopic (exact) mass is 1380 g/mol. The number of carboxylic acid groups (broad SMARTS) is 1. The van der Waals surface area contributed by atoms with Gasteiger partial charge in [-0.2, -0.15) is 0 Å². The van der Waals surface area contributed by atoms with Crippen LogP contribution in [0.2, 0.25) is 0 Å².